The molecule has 2 aromatic rings. The van der Waals surface area contributed by atoms with Crippen molar-refractivity contribution in [3.63, 3.8) is 0 Å². The number of carbonyl (C=O) groups excluding carboxylic acids is 1. The van der Waals surface area contributed by atoms with Crippen LogP contribution in [0, 0.1) is 0 Å². The largest absolute Gasteiger partial charge is 0.338 e. The maximum Gasteiger partial charge on any atom is 0.229 e. The molecular weight excluding hydrogens is 316 g/mol. The van der Waals surface area contributed by atoms with E-state index in [1.54, 1.807) is 0 Å². The molecule has 0 fully saturated rings. The minimum atomic E-state index is -0.173. The lowest BCUT2D eigenvalue weighted by Gasteiger charge is -2.34. The lowest BCUT2D eigenvalue weighted by molar-refractivity contribution is -0.134. The van der Waals surface area contributed by atoms with E-state index in [1.165, 1.54) is 11.3 Å². The van der Waals surface area contributed by atoms with Gasteiger partial charge in [0, 0.05) is 23.0 Å². The van der Waals surface area contributed by atoms with Gasteiger partial charge in [-0.2, -0.15) is 0 Å². The van der Waals surface area contributed by atoms with Crippen LogP contribution in [0.5, 0.6) is 0 Å². The highest BCUT2D eigenvalue weighted by molar-refractivity contribution is 7.13. The van der Waals surface area contributed by atoms with Gasteiger partial charge in [-0.25, -0.2) is 4.98 Å². The van der Waals surface area contributed by atoms with Gasteiger partial charge in [-0.1, -0.05) is 29.8 Å². The van der Waals surface area contributed by atoms with E-state index in [1.807, 2.05) is 62.2 Å². The van der Waals surface area contributed by atoms with E-state index in [0.29, 0.717) is 18.0 Å². The molecule has 1 amide bonds. The second-order valence-corrected chi connectivity index (χ2v) is 7.37. The van der Waals surface area contributed by atoms with Crippen molar-refractivity contribution in [1.82, 2.24) is 9.88 Å². The number of nitrogens with zero attached hydrogens (tertiary/aromatic N) is 2. The monoisotopic (exact) mass is 336 g/mol. The molecule has 0 spiro atoms. The molecular formula is C17H21ClN2OS. The lowest BCUT2D eigenvalue weighted by atomic mass is 10.1. The number of likely N-dealkylation sites (N-methyl/N-ethyl adjacent to an activating group) is 1. The van der Waals surface area contributed by atoms with E-state index in [9.17, 15) is 4.79 Å². The first-order valence-corrected chi connectivity index (χ1v) is 8.58. The average molecular weight is 337 g/mol. The number of carbonyl (C=O) groups is 1. The van der Waals surface area contributed by atoms with Crippen LogP contribution in [0.2, 0.25) is 5.02 Å². The first-order chi connectivity index (χ1) is 10.3. The van der Waals surface area contributed by atoms with E-state index in [-0.39, 0.29) is 11.4 Å². The SMILES string of the molecule is CCN(C(=O)Cc1csc(-c2ccccc2Cl)n1)C(C)(C)C. The van der Waals surface area contributed by atoms with Crippen LogP contribution in [0.3, 0.4) is 0 Å². The van der Waals surface area contributed by atoms with Gasteiger partial charge >= 0.3 is 0 Å². The van der Waals surface area contributed by atoms with E-state index in [2.05, 4.69) is 4.98 Å². The summed E-state index contributed by atoms with van der Waals surface area (Å²) < 4.78 is 0. The predicted molar refractivity (Wildman–Crippen MR) is 93.4 cm³/mol. The molecule has 0 saturated carbocycles. The zero-order valence-corrected chi connectivity index (χ0v) is 15.0. The molecule has 0 saturated heterocycles. The standard InChI is InChI=1S/C17H21ClN2OS/c1-5-20(17(2,3)4)15(21)10-12-11-22-16(19-12)13-8-6-7-9-14(13)18/h6-9,11H,5,10H2,1-4H3. The molecule has 0 aliphatic rings. The first-order valence-electron chi connectivity index (χ1n) is 7.32. The third-order valence-electron chi connectivity index (χ3n) is 3.42. The summed E-state index contributed by atoms with van der Waals surface area (Å²) >= 11 is 7.72. The number of halogens is 1. The van der Waals surface area contributed by atoms with Gasteiger partial charge in [-0.05, 0) is 33.8 Å². The number of benzene rings is 1. The minimum absolute atomic E-state index is 0.103. The summed E-state index contributed by atoms with van der Waals surface area (Å²) in [5, 5.41) is 3.47. The Morgan fingerprint density at radius 1 is 1.32 bits per heavy atom. The number of thiazole rings is 1. The summed E-state index contributed by atoms with van der Waals surface area (Å²) in [4.78, 5) is 18.9. The highest BCUT2D eigenvalue weighted by atomic mass is 35.5. The smallest absolute Gasteiger partial charge is 0.229 e. The molecule has 0 N–H and O–H groups in total. The fraction of sp³-hybridized carbons (Fsp3) is 0.412. The number of amides is 1. The van der Waals surface area contributed by atoms with Crippen LogP contribution in [0.25, 0.3) is 10.6 Å². The topological polar surface area (TPSA) is 33.2 Å². The molecule has 3 nitrogen and oxygen atoms in total. The van der Waals surface area contributed by atoms with E-state index < -0.39 is 0 Å². The van der Waals surface area contributed by atoms with Crippen molar-refractivity contribution < 1.29 is 4.79 Å². The second-order valence-electron chi connectivity index (χ2n) is 6.11. The summed E-state index contributed by atoms with van der Waals surface area (Å²) in [5.41, 5.74) is 1.54. The Hall–Kier alpha value is -1.39. The number of rotatable bonds is 4. The van der Waals surface area contributed by atoms with Gasteiger partial charge < -0.3 is 4.90 Å². The summed E-state index contributed by atoms with van der Waals surface area (Å²) in [5.74, 6) is 0.103. The minimum Gasteiger partial charge on any atom is -0.338 e. The number of hydrogen-bond donors (Lipinski definition) is 0. The molecule has 1 aromatic heterocycles. The van der Waals surface area contributed by atoms with Gasteiger partial charge in [0.15, 0.2) is 0 Å². The van der Waals surface area contributed by atoms with Crippen LogP contribution >= 0.6 is 22.9 Å². The molecule has 0 unspecified atom stereocenters. The van der Waals surface area contributed by atoms with Crippen molar-refractivity contribution in [2.75, 3.05) is 6.54 Å². The van der Waals surface area contributed by atoms with Gasteiger partial charge in [-0.15, -0.1) is 11.3 Å². The van der Waals surface area contributed by atoms with Crippen molar-refractivity contribution in [1.29, 1.82) is 0 Å². The van der Waals surface area contributed by atoms with Crippen LogP contribution < -0.4 is 0 Å². The van der Waals surface area contributed by atoms with Crippen molar-refractivity contribution in [2.24, 2.45) is 0 Å². The molecule has 1 heterocycles. The average Bonchev–Trinajstić information content (AvgIpc) is 2.86. The number of aromatic nitrogens is 1. The molecule has 0 atom stereocenters. The summed E-state index contributed by atoms with van der Waals surface area (Å²) in [6.45, 7) is 8.84. The highest BCUT2D eigenvalue weighted by Crippen LogP contribution is 2.30. The summed E-state index contributed by atoms with van der Waals surface area (Å²) in [7, 11) is 0. The third kappa shape index (κ3) is 3.87. The molecule has 1 aromatic carbocycles. The van der Waals surface area contributed by atoms with Crippen LogP contribution in [-0.2, 0) is 11.2 Å². The Kier molecular flexibility index (Phi) is 5.24. The molecule has 22 heavy (non-hydrogen) atoms. The van der Waals surface area contributed by atoms with Crippen molar-refractivity contribution in [2.45, 2.75) is 39.7 Å². The van der Waals surface area contributed by atoms with Crippen LogP contribution in [0.1, 0.15) is 33.4 Å². The van der Waals surface area contributed by atoms with E-state index in [4.69, 9.17) is 11.6 Å². The quantitative estimate of drug-likeness (QED) is 0.814. The van der Waals surface area contributed by atoms with E-state index >= 15 is 0 Å². The third-order valence-corrected chi connectivity index (χ3v) is 4.67. The zero-order chi connectivity index (χ0) is 16.3. The van der Waals surface area contributed by atoms with Gasteiger partial charge in [0.25, 0.3) is 0 Å². The van der Waals surface area contributed by atoms with Crippen molar-refractivity contribution in [3.8, 4) is 10.6 Å². The maximum absolute atomic E-state index is 12.5. The van der Waals surface area contributed by atoms with Gasteiger partial charge in [-0.3, -0.25) is 4.79 Å². The van der Waals surface area contributed by atoms with Gasteiger partial charge in [0.1, 0.15) is 5.01 Å². The van der Waals surface area contributed by atoms with E-state index in [0.717, 1.165) is 16.3 Å². The molecule has 0 aliphatic carbocycles. The molecule has 2 rings (SSSR count). The normalized spacial score (nSPS) is 11.5. The Balaban J connectivity index is 2.16. The van der Waals surface area contributed by atoms with Crippen LogP contribution in [-0.4, -0.2) is 27.9 Å². The molecule has 0 bridgehead atoms. The number of hydrogen-bond acceptors (Lipinski definition) is 3. The lowest BCUT2D eigenvalue weighted by Crippen LogP contribution is -2.46. The Bertz CT molecular complexity index is 661. The highest BCUT2D eigenvalue weighted by Gasteiger charge is 2.25. The van der Waals surface area contributed by atoms with Crippen molar-refractivity contribution >= 4 is 28.8 Å². The zero-order valence-electron chi connectivity index (χ0n) is 13.4. The summed E-state index contributed by atoms with van der Waals surface area (Å²) in [6, 6.07) is 7.62. The molecule has 0 aliphatic heterocycles. The van der Waals surface area contributed by atoms with Gasteiger partial charge in [0.05, 0.1) is 17.1 Å². The second kappa shape index (κ2) is 6.80. The Morgan fingerprint density at radius 3 is 2.59 bits per heavy atom. The summed E-state index contributed by atoms with van der Waals surface area (Å²) in [6.07, 6.45) is 0.325. The van der Waals surface area contributed by atoms with Gasteiger partial charge in [0.2, 0.25) is 5.91 Å². The Morgan fingerprint density at radius 2 is 2.00 bits per heavy atom. The maximum atomic E-state index is 12.5. The predicted octanol–water partition coefficient (Wildman–Crippen LogP) is 4.65. The fourth-order valence-corrected chi connectivity index (χ4v) is 3.56. The van der Waals surface area contributed by atoms with Crippen molar-refractivity contribution in [3.05, 3.63) is 40.4 Å². The van der Waals surface area contributed by atoms with Crippen LogP contribution in [0.15, 0.2) is 29.6 Å². The van der Waals surface area contributed by atoms with Crippen LogP contribution in [0.4, 0.5) is 0 Å². The fourth-order valence-electron chi connectivity index (χ4n) is 2.42. The first kappa shape index (κ1) is 17.0. The molecule has 0 radical (unpaired) electrons. The Labute approximate surface area is 140 Å². The molecule has 118 valence electrons. The molecule has 5 heteroatoms.